The van der Waals surface area contributed by atoms with Gasteiger partial charge in [-0.25, -0.2) is 14.2 Å². The van der Waals surface area contributed by atoms with Crippen LogP contribution >= 0.6 is 11.3 Å². The van der Waals surface area contributed by atoms with Gasteiger partial charge in [-0.05, 0) is 43.5 Å². The highest BCUT2D eigenvalue weighted by atomic mass is 32.1. The van der Waals surface area contributed by atoms with E-state index in [1.54, 1.807) is 0 Å². The van der Waals surface area contributed by atoms with E-state index in [4.69, 9.17) is 0 Å². The molecule has 1 aromatic heterocycles. The van der Waals surface area contributed by atoms with Crippen molar-refractivity contribution >= 4 is 34.3 Å². The SMILES string of the molecule is CCCc1ccc(-c2nc(NC(=O)CN3C(=O)NC(C)(c4ccc(F)cc4)C3=O)sc2C)cc1. The maximum absolute atomic E-state index is 13.3. The summed E-state index contributed by atoms with van der Waals surface area (Å²) in [6.07, 6.45) is 2.09. The molecule has 0 saturated carbocycles. The van der Waals surface area contributed by atoms with E-state index in [1.807, 2.05) is 19.1 Å². The van der Waals surface area contributed by atoms with Crippen molar-refractivity contribution in [2.75, 3.05) is 11.9 Å². The first-order valence-corrected chi connectivity index (χ1v) is 11.8. The molecule has 7 nitrogen and oxygen atoms in total. The number of rotatable bonds is 7. The molecule has 2 aromatic carbocycles. The van der Waals surface area contributed by atoms with Crippen molar-refractivity contribution in [2.24, 2.45) is 0 Å². The molecule has 1 saturated heterocycles. The van der Waals surface area contributed by atoms with Crippen molar-refractivity contribution in [2.45, 2.75) is 39.2 Å². The maximum Gasteiger partial charge on any atom is 0.325 e. The molecule has 0 radical (unpaired) electrons. The topological polar surface area (TPSA) is 91.4 Å². The summed E-state index contributed by atoms with van der Waals surface area (Å²) >= 11 is 1.33. The average molecular weight is 481 g/mol. The first-order chi connectivity index (χ1) is 16.2. The minimum atomic E-state index is -1.38. The Balaban J connectivity index is 1.45. The lowest BCUT2D eigenvalue weighted by atomic mass is 9.92. The fraction of sp³-hybridized carbons (Fsp3) is 0.280. The second-order valence-corrected chi connectivity index (χ2v) is 9.58. The van der Waals surface area contributed by atoms with Crippen molar-refractivity contribution in [1.29, 1.82) is 0 Å². The summed E-state index contributed by atoms with van der Waals surface area (Å²) in [5, 5.41) is 5.69. The van der Waals surface area contributed by atoms with Crippen LogP contribution in [0.5, 0.6) is 0 Å². The number of nitrogens with zero attached hydrogens (tertiary/aromatic N) is 2. The summed E-state index contributed by atoms with van der Waals surface area (Å²) in [5.41, 5.74) is 2.05. The van der Waals surface area contributed by atoms with Crippen LogP contribution in [0.2, 0.25) is 0 Å². The van der Waals surface area contributed by atoms with E-state index in [1.165, 1.54) is 48.1 Å². The van der Waals surface area contributed by atoms with Crippen LogP contribution < -0.4 is 10.6 Å². The molecule has 1 aliphatic rings. The second kappa shape index (κ2) is 9.34. The van der Waals surface area contributed by atoms with E-state index < -0.39 is 35.7 Å². The lowest BCUT2D eigenvalue weighted by Gasteiger charge is -2.22. The van der Waals surface area contributed by atoms with Crippen LogP contribution in [0, 0.1) is 12.7 Å². The number of carbonyl (C=O) groups is 3. The first kappa shape index (κ1) is 23.6. The third-order valence-corrected chi connectivity index (χ3v) is 6.69. The highest BCUT2D eigenvalue weighted by Gasteiger charge is 2.49. The van der Waals surface area contributed by atoms with E-state index >= 15 is 0 Å². The summed E-state index contributed by atoms with van der Waals surface area (Å²) in [4.78, 5) is 44.4. The Kier molecular flexibility index (Phi) is 6.47. The van der Waals surface area contributed by atoms with Gasteiger partial charge in [0.05, 0.1) is 5.69 Å². The number of hydrogen-bond donors (Lipinski definition) is 2. The zero-order valence-electron chi connectivity index (χ0n) is 19.1. The molecule has 1 aliphatic heterocycles. The first-order valence-electron chi connectivity index (χ1n) is 11.0. The Morgan fingerprint density at radius 3 is 2.47 bits per heavy atom. The lowest BCUT2D eigenvalue weighted by molar-refractivity contribution is -0.133. The standard InChI is InChI=1S/C25H25FN4O3S/c1-4-5-16-6-8-17(9-7-16)21-15(2)34-23(28-21)27-20(31)14-30-22(32)25(3,29-24(30)33)18-10-12-19(26)13-11-18/h6-13H,4-5,14H2,1-3H3,(H,29,33)(H,27,28,31). The highest BCUT2D eigenvalue weighted by Crippen LogP contribution is 2.31. The van der Waals surface area contributed by atoms with E-state index in [0.29, 0.717) is 10.7 Å². The van der Waals surface area contributed by atoms with Gasteiger partial charge in [0, 0.05) is 10.4 Å². The minimum Gasteiger partial charge on any atom is -0.319 e. The summed E-state index contributed by atoms with van der Waals surface area (Å²) in [6.45, 7) is 5.13. The molecule has 1 unspecified atom stereocenters. The van der Waals surface area contributed by atoms with Gasteiger partial charge in [0.15, 0.2) is 5.13 Å². The number of urea groups is 1. The fourth-order valence-electron chi connectivity index (χ4n) is 3.96. The summed E-state index contributed by atoms with van der Waals surface area (Å²) in [7, 11) is 0. The normalized spacial score (nSPS) is 17.7. The molecular weight excluding hydrogens is 455 g/mol. The minimum absolute atomic E-state index is 0.392. The third kappa shape index (κ3) is 4.56. The molecule has 1 atom stereocenters. The van der Waals surface area contributed by atoms with Gasteiger partial charge in [-0.15, -0.1) is 11.3 Å². The fourth-order valence-corrected chi connectivity index (χ4v) is 4.81. The zero-order valence-corrected chi connectivity index (χ0v) is 20.0. The van der Waals surface area contributed by atoms with E-state index in [2.05, 4.69) is 34.7 Å². The van der Waals surface area contributed by atoms with Gasteiger partial charge in [0.1, 0.15) is 17.9 Å². The Hall–Kier alpha value is -3.59. The summed E-state index contributed by atoms with van der Waals surface area (Å²) < 4.78 is 13.3. The number of halogens is 1. The van der Waals surface area contributed by atoms with Gasteiger partial charge in [-0.2, -0.15) is 0 Å². The zero-order chi connectivity index (χ0) is 24.5. The van der Waals surface area contributed by atoms with Crippen LogP contribution in [0.15, 0.2) is 48.5 Å². The van der Waals surface area contributed by atoms with Gasteiger partial charge in [-0.3, -0.25) is 14.5 Å². The Morgan fingerprint density at radius 1 is 1.15 bits per heavy atom. The molecule has 1 fully saturated rings. The number of imide groups is 1. The molecule has 0 spiro atoms. The van der Waals surface area contributed by atoms with Crippen LogP contribution in [0.1, 0.15) is 36.3 Å². The molecular formula is C25H25FN4O3S. The number of hydrogen-bond acceptors (Lipinski definition) is 5. The Bertz CT molecular complexity index is 1240. The molecule has 9 heteroatoms. The molecule has 0 aliphatic carbocycles. The molecule has 34 heavy (non-hydrogen) atoms. The number of nitrogens with one attached hydrogen (secondary N) is 2. The monoisotopic (exact) mass is 480 g/mol. The molecule has 2 N–H and O–H groups in total. The molecule has 3 aromatic rings. The van der Waals surface area contributed by atoms with Crippen LogP contribution in [0.25, 0.3) is 11.3 Å². The van der Waals surface area contributed by atoms with Crippen molar-refractivity contribution in [1.82, 2.24) is 15.2 Å². The van der Waals surface area contributed by atoms with E-state index in [9.17, 15) is 18.8 Å². The molecule has 176 valence electrons. The van der Waals surface area contributed by atoms with Crippen molar-refractivity contribution in [3.05, 3.63) is 70.4 Å². The Labute approximate surface area is 201 Å². The maximum atomic E-state index is 13.3. The van der Waals surface area contributed by atoms with Gasteiger partial charge < -0.3 is 10.6 Å². The van der Waals surface area contributed by atoms with E-state index in [-0.39, 0.29) is 0 Å². The Morgan fingerprint density at radius 2 is 1.82 bits per heavy atom. The number of aromatic nitrogens is 1. The van der Waals surface area contributed by atoms with Crippen LogP contribution in [0.3, 0.4) is 0 Å². The number of aryl methyl sites for hydroxylation is 2. The highest BCUT2D eigenvalue weighted by molar-refractivity contribution is 7.16. The van der Waals surface area contributed by atoms with Crippen LogP contribution in [0.4, 0.5) is 14.3 Å². The molecule has 4 rings (SSSR count). The quantitative estimate of drug-likeness (QED) is 0.483. The largest absolute Gasteiger partial charge is 0.325 e. The smallest absolute Gasteiger partial charge is 0.319 e. The average Bonchev–Trinajstić information content (AvgIpc) is 3.27. The van der Waals surface area contributed by atoms with Crippen LogP contribution in [-0.2, 0) is 21.5 Å². The summed E-state index contributed by atoms with van der Waals surface area (Å²) in [6, 6.07) is 12.8. The molecule has 4 amide bonds. The van der Waals surface area contributed by atoms with Crippen LogP contribution in [-0.4, -0.2) is 34.3 Å². The number of benzene rings is 2. The van der Waals surface area contributed by atoms with Gasteiger partial charge in [0.25, 0.3) is 5.91 Å². The number of thiazole rings is 1. The van der Waals surface area contributed by atoms with Gasteiger partial charge in [0.2, 0.25) is 5.91 Å². The third-order valence-electron chi connectivity index (χ3n) is 5.81. The lowest BCUT2D eigenvalue weighted by Crippen LogP contribution is -2.42. The number of anilines is 1. The predicted molar refractivity (Wildman–Crippen MR) is 129 cm³/mol. The van der Waals surface area contributed by atoms with Gasteiger partial charge >= 0.3 is 6.03 Å². The number of carbonyl (C=O) groups excluding carboxylic acids is 3. The second-order valence-electron chi connectivity index (χ2n) is 8.37. The predicted octanol–water partition coefficient (Wildman–Crippen LogP) is 4.62. The molecule has 2 heterocycles. The van der Waals surface area contributed by atoms with Crippen molar-refractivity contribution in [3.63, 3.8) is 0 Å². The summed E-state index contributed by atoms with van der Waals surface area (Å²) in [5.74, 6) is -1.57. The molecule has 0 bridgehead atoms. The van der Waals surface area contributed by atoms with Crippen molar-refractivity contribution in [3.8, 4) is 11.3 Å². The van der Waals surface area contributed by atoms with E-state index in [0.717, 1.165) is 33.9 Å². The van der Waals surface area contributed by atoms with Crippen molar-refractivity contribution < 1.29 is 18.8 Å². The number of amides is 4. The van der Waals surface area contributed by atoms with Gasteiger partial charge in [-0.1, -0.05) is 49.7 Å².